The molecule has 210 valence electrons. The maximum Gasteiger partial charge on any atom is 0.263 e. The highest BCUT2D eigenvalue weighted by Crippen LogP contribution is 2.37. The molecular weight excluding hydrogens is 574 g/mol. The molecule has 0 aliphatic carbocycles. The van der Waals surface area contributed by atoms with Gasteiger partial charge in [-0.3, -0.25) is 9.73 Å². The molecule has 0 saturated carbocycles. The smallest absolute Gasteiger partial charge is 0.263 e. The molecule has 1 heterocycles. The molecule has 1 unspecified atom stereocenters. The number of halogens is 1. The van der Waals surface area contributed by atoms with Gasteiger partial charge >= 0.3 is 0 Å². The average Bonchev–Trinajstić information content (AvgIpc) is 3.42. The predicted molar refractivity (Wildman–Crippen MR) is 171 cm³/mol. The van der Waals surface area contributed by atoms with Crippen molar-refractivity contribution in [2.24, 2.45) is 5.10 Å². The standard InChI is InChI=1S/C31H30ClN5O2S2/c1-36(2)26-14-10-23(11-15-26)29-20-30(24-8-12-25(32)13-9-24)37(34-29)27-16-18-28(19-17-27)41(38,39)35-31(40)33-21-22-6-4-3-5-7-22/h3-19,30H,20-21H2,1-2H3,(H2,33,35,40). The van der Waals surface area contributed by atoms with E-state index >= 15 is 0 Å². The van der Waals surface area contributed by atoms with Crippen LogP contribution >= 0.6 is 23.8 Å². The Bertz CT molecular complexity index is 1640. The van der Waals surface area contributed by atoms with Gasteiger partial charge in [-0.2, -0.15) is 5.10 Å². The first kappa shape index (κ1) is 28.6. The average molecular weight is 604 g/mol. The summed E-state index contributed by atoms with van der Waals surface area (Å²) in [5.74, 6) is 0. The first-order chi connectivity index (χ1) is 19.7. The van der Waals surface area contributed by atoms with Gasteiger partial charge in [-0.15, -0.1) is 0 Å². The van der Waals surface area contributed by atoms with E-state index in [2.05, 4.69) is 39.2 Å². The lowest BCUT2D eigenvalue weighted by Gasteiger charge is -2.24. The van der Waals surface area contributed by atoms with Gasteiger partial charge in [0.2, 0.25) is 0 Å². The molecule has 1 atom stereocenters. The summed E-state index contributed by atoms with van der Waals surface area (Å²) in [6.45, 7) is 0.417. The Morgan fingerprint density at radius 2 is 1.61 bits per heavy atom. The van der Waals surface area contributed by atoms with Crippen LogP contribution in [0.1, 0.15) is 29.2 Å². The van der Waals surface area contributed by atoms with Crippen LogP contribution in [0.4, 0.5) is 11.4 Å². The third-order valence-electron chi connectivity index (χ3n) is 6.82. The van der Waals surface area contributed by atoms with Crippen LogP contribution < -0.4 is 19.9 Å². The monoisotopic (exact) mass is 603 g/mol. The van der Waals surface area contributed by atoms with Crippen molar-refractivity contribution in [2.75, 3.05) is 24.0 Å². The molecule has 0 bridgehead atoms. The summed E-state index contributed by atoms with van der Waals surface area (Å²) < 4.78 is 28.5. The summed E-state index contributed by atoms with van der Waals surface area (Å²) in [6.07, 6.45) is 0.686. The van der Waals surface area contributed by atoms with Crippen LogP contribution in [-0.2, 0) is 16.6 Å². The summed E-state index contributed by atoms with van der Waals surface area (Å²) in [4.78, 5) is 2.16. The Morgan fingerprint density at radius 1 is 0.951 bits per heavy atom. The largest absolute Gasteiger partial charge is 0.378 e. The lowest BCUT2D eigenvalue weighted by Crippen LogP contribution is -2.38. The number of hydrazone groups is 1. The summed E-state index contributed by atoms with van der Waals surface area (Å²) in [7, 11) is 0.151. The second-order valence-electron chi connectivity index (χ2n) is 9.87. The van der Waals surface area contributed by atoms with Crippen molar-refractivity contribution in [3.8, 4) is 0 Å². The molecule has 1 aliphatic rings. The first-order valence-corrected chi connectivity index (χ1v) is 15.3. The van der Waals surface area contributed by atoms with Gasteiger partial charge in [0.1, 0.15) is 0 Å². The fraction of sp³-hybridized carbons (Fsp3) is 0.161. The topological polar surface area (TPSA) is 77.0 Å². The number of sulfonamides is 1. The quantitative estimate of drug-likeness (QED) is 0.237. The Balaban J connectivity index is 1.36. The predicted octanol–water partition coefficient (Wildman–Crippen LogP) is 6.11. The molecule has 0 spiro atoms. The lowest BCUT2D eigenvalue weighted by atomic mass is 9.98. The fourth-order valence-electron chi connectivity index (χ4n) is 4.59. The van der Waals surface area contributed by atoms with E-state index in [1.54, 1.807) is 24.3 Å². The molecule has 1 aliphatic heterocycles. The van der Waals surface area contributed by atoms with Crippen LogP contribution in [0.15, 0.2) is 113 Å². The molecule has 0 aromatic heterocycles. The van der Waals surface area contributed by atoms with Gasteiger partial charge < -0.3 is 10.2 Å². The van der Waals surface area contributed by atoms with Crippen LogP contribution in [0.3, 0.4) is 0 Å². The summed E-state index contributed by atoms with van der Waals surface area (Å²) in [6, 6.07) is 32.2. The van der Waals surface area contributed by atoms with Crippen molar-refractivity contribution in [2.45, 2.75) is 23.9 Å². The number of hydrogen-bond donors (Lipinski definition) is 2. The number of hydrogen-bond acceptors (Lipinski definition) is 6. The molecule has 7 nitrogen and oxygen atoms in total. The van der Waals surface area contributed by atoms with Crippen LogP contribution in [0, 0.1) is 0 Å². The van der Waals surface area contributed by atoms with Crippen molar-refractivity contribution in [3.05, 3.63) is 125 Å². The molecule has 41 heavy (non-hydrogen) atoms. The summed E-state index contributed by atoms with van der Waals surface area (Å²) >= 11 is 11.4. The lowest BCUT2D eigenvalue weighted by molar-refractivity contribution is 0.592. The van der Waals surface area contributed by atoms with E-state index < -0.39 is 10.0 Å². The molecule has 0 saturated heterocycles. The van der Waals surface area contributed by atoms with E-state index in [-0.39, 0.29) is 16.0 Å². The highest BCUT2D eigenvalue weighted by atomic mass is 35.5. The molecular formula is C31H30ClN5O2S2. The number of nitrogens with zero attached hydrogens (tertiary/aromatic N) is 3. The highest BCUT2D eigenvalue weighted by molar-refractivity contribution is 7.91. The Morgan fingerprint density at radius 3 is 2.24 bits per heavy atom. The minimum atomic E-state index is -3.87. The molecule has 4 aromatic carbocycles. The normalized spacial score (nSPS) is 14.9. The zero-order chi connectivity index (χ0) is 29.0. The number of nitrogens with one attached hydrogen (secondary N) is 2. The van der Waals surface area contributed by atoms with Gasteiger partial charge in [0.25, 0.3) is 10.0 Å². The second-order valence-corrected chi connectivity index (χ2v) is 12.4. The minimum Gasteiger partial charge on any atom is -0.378 e. The van der Waals surface area contributed by atoms with Gasteiger partial charge in [-0.1, -0.05) is 66.2 Å². The van der Waals surface area contributed by atoms with E-state index in [0.29, 0.717) is 18.0 Å². The highest BCUT2D eigenvalue weighted by Gasteiger charge is 2.30. The zero-order valence-electron chi connectivity index (χ0n) is 22.7. The van der Waals surface area contributed by atoms with E-state index in [1.807, 2.05) is 73.7 Å². The molecule has 10 heteroatoms. The third kappa shape index (κ3) is 6.87. The van der Waals surface area contributed by atoms with Crippen molar-refractivity contribution in [1.82, 2.24) is 10.0 Å². The third-order valence-corrected chi connectivity index (χ3v) is 8.81. The van der Waals surface area contributed by atoms with Crippen LogP contribution in [0.2, 0.25) is 5.02 Å². The molecule has 0 amide bonds. The van der Waals surface area contributed by atoms with Crippen LogP contribution in [0.25, 0.3) is 0 Å². The number of benzene rings is 4. The van der Waals surface area contributed by atoms with Gasteiger partial charge in [0, 0.05) is 37.8 Å². The van der Waals surface area contributed by atoms with E-state index in [0.717, 1.165) is 33.8 Å². The number of thiocarbonyl (C=S) groups is 1. The molecule has 4 aromatic rings. The van der Waals surface area contributed by atoms with Crippen LogP contribution in [-0.4, -0.2) is 33.3 Å². The molecule has 2 N–H and O–H groups in total. The second kappa shape index (κ2) is 12.3. The Labute approximate surface area is 251 Å². The summed E-state index contributed by atoms with van der Waals surface area (Å²) in [5.41, 5.74) is 5.92. The van der Waals surface area contributed by atoms with Gasteiger partial charge in [0.05, 0.1) is 22.3 Å². The SMILES string of the molecule is CN(C)c1ccc(C2=NN(c3ccc(S(=O)(=O)NC(=S)NCc4ccccc4)cc3)C(c3ccc(Cl)cc3)C2)cc1. The maximum absolute atomic E-state index is 13.0. The van der Waals surface area contributed by atoms with Crippen molar-refractivity contribution >= 4 is 56.0 Å². The van der Waals surface area contributed by atoms with E-state index in [1.165, 1.54) is 0 Å². The van der Waals surface area contributed by atoms with Crippen LogP contribution in [0.5, 0.6) is 0 Å². The summed E-state index contributed by atoms with van der Waals surface area (Å²) in [5, 5.41) is 10.6. The Hall–Kier alpha value is -3.92. The zero-order valence-corrected chi connectivity index (χ0v) is 25.0. The van der Waals surface area contributed by atoms with Gasteiger partial charge in [-0.25, -0.2) is 8.42 Å². The van der Waals surface area contributed by atoms with Gasteiger partial charge in [-0.05, 0) is 77.4 Å². The maximum atomic E-state index is 13.0. The molecule has 0 fully saturated rings. The van der Waals surface area contributed by atoms with Crippen molar-refractivity contribution < 1.29 is 8.42 Å². The molecule has 0 radical (unpaired) electrons. The Kier molecular flexibility index (Phi) is 8.58. The van der Waals surface area contributed by atoms with Gasteiger partial charge in [0.15, 0.2) is 5.11 Å². The minimum absolute atomic E-state index is 0.0369. The number of rotatable bonds is 8. The van der Waals surface area contributed by atoms with E-state index in [9.17, 15) is 8.42 Å². The molecule has 5 rings (SSSR count). The number of anilines is 2. The van der Waals surface area contributed by atoms with Crippen molar-refractivity contribution in [1.29, 1.82) is 0 Å². The first-order valence-electron chi connectivity index (χ1n) is 13.0. The fourth-order valence-corrected chi connectivity index (χ4v) is 6.05. The van der Waals surface area contributed by atoms with E-state index in [4.69, 9.17) is 28.9 Å². The van der Waals surface area contributed by atoms with Crippen molar-refractivity contribution in [3.63, 3.8) is 0 Å².